The maximum Gasteiger partial charge on any atom is 0.126 e. The molecule has 1 aromatic rings. The lowest BCUT2D eigenvalue weighted by Crippen LogP contribution is -1.98. The van der Waals surface area contributed by atoms with Gasteiger partial charge in [0.15, 0.2) is 0 Å². The van der Waals surface area contributed by atoms with Gasteiger partial charge in [-0.15, -0.1) is 0 Å². The summed E-state index contributed by atoms with van der Waals surface area (Å²) >= 11 is 0. The van der Waals surface area contributed by atoms with E-state index in [2.05, 4.69) is 13.8 Å². The highest BCUT2D eigenvalue weighted by Crippen LogP contribution is 2.17. The summed E-state index contributed by atoms with van der Waals surface area (Å²) in [5.41, 5.74) is 3.08. The molecule has 0 radical (unpaired) electrons. The Morgan fingerprint density at radius 1 is 1.15 bits per heavy atom. The molecule has 0 spiro atoms. The first-order valence-corrected chi connectivity index (χ1v) is 4.76. The molecule has 13 heavy (non-hydrogen) atoms. The molecular formula is C12H17F. The second-order valence-corrected chi connectivity index (χ2v) is 4.13. The van der Waals surface area contributed by atoms with Gasteiger partial charge in [-0.25, -0.2) is 4.39 Å². The van der Waals surface area contributed by atoms with Crippen LogP contribution in [0.15, 0.2) is 12.1 Å². The number of halogens is 1. The predicted molar refractivity (Wildman–Crippen MR) is 54.4 cm³/mol. The molecule has 1 rings (SSSR count). The number of hydrogen-bond acceptors (Lipinski definition) is 0. The van der Waals surface area contributed by atoms with Crippen molar-refractivity contribution < 1.29 is 4.39 Å². The van der Waals surface area contributed by atoms with Crippen molar-refractivity contribution in [3.8, 4) is 0 Å². The van der Waals surface area contributed by atoms with Gasteiger partial charge in [-0.05, 0) is 48.9 Å². The van der Waals surface area contributed by atoms with Crippen molar-refractivity contribution in [1.29, 1.82) is 0 Å². The van der Waals surface area contributed by atoms with E-state index in [0.717, 1.165) is 17.5 Å². The third-order valence-corrected chi connectivity index (χ3v) is 2.25. The molecule has 0 atom stereocenters. The summed E-state index contributed by atoms with van der Waals surface area (Å²) < 4.78 is 13.2. The first-order chi connectivity index (χ1) is 6.00. The normalized spacial score (nSPS) is 10.9. The van der Waals surface area contributed by atoms with Crippen LogP contribution in [0, 0.1) is 25.6 Å². The fourth-order valence-electron chi connectivity index (χ4n) is 1.53. The monoisotopic (exact) mass is 180 g/mol. The van der Waals surface area contributed by atoms with Crippen molar-refractivity contribution in [3.63, 3.8) is 0 Å². The first kappa shape index (κ1) is 10.2. The van der Waals surface area contributed by atoms with Crippen LogP contribution in [0.4, 0.5) is 4.39 Å². The van der Waals surface area contributed by atoms with E-state index in [1.54, 1.807) is 6.07 Å². The van der Waals surface area contributed by atoms with Crippen molar-refractivity contribution in [3.05, 3.63) is 34.6 Å². The number of rotatable bonds is 2. The lowest BCUT2D eigenvalue weighted by atomic mass is 9.97. The SMILES string of the molecule is Cc1cc(C)c(CC(C)C)cc1F. The molecular weight excluding hydrogens is 163 g/mol. The second kappa shape index (κ2) is 3.91. The summed E-state index contributed by atoms with van der Waals surface area (Å²) in [5, 5.41) is 0. The van der Waals surface area contributed by atoms with Crippen LogP contribution in [0.2, 0.25) is 0 Å². The summed E-state index contributed by atoms with van der Waals surface area (Å²) in [7, 11) is 0. The van der Waals surface area contributed by atoms with Gasteiger partial charge in [0, 0.05) is 0 Å². The molecule has 0 fully saturated rings. The minimum atomic E-state index is -0.0822. The average Bonchev–Trinajstić information content (AvgIpc) is 1.99. The molecule has 0 bridgehead atoms. The molecule has 0 saturated carbocycles. The third-order valence-electron chi connectivity index (χ3n) is 2.25. The van der Waals surface area contributed by atoms with Crippen LogP contribution >= 0.6 is 0 Å². The average molecular weight is 180 g/mol. The molecule has 72 valence electrons. The van der Waals surface area contributed by atoms with Gasteiger partial charge in [-0.2, -0.15) is 0 Å². The van der Waals surface area contributed by atoms with Crippen LogP contribution < -0.4 is 0 Å². The van der Waals surface area contributed by atoms with Gasteiger partial charge in [0.2, 0.25) is 0 Å². The van der Waals surface area contributed by atoms with Crippen molar-refractivity contribution in [2.75, 3.05) is 0 Å². The van der Waals surface area contributed by atoms with Crippen LogP contribution in [0.5, 0.6) is 0 Å². The molecule has 0 aliphatic heterocycles. The molecule has 0 aliphatic rings. The molecule has 0 heterocycles. The zero-order valence-corrected chi connectivity index (χ0v) is 8.82. The Morgan fingerprint density at radius 3 is 2.31 bits per heavy atom. The van der Waals surface area contributed by atoms with Gasteiger partial charge in [-0.1, -0.05) is 19.9 Å². The summed E-state index contributed by atoms with van der Waals surface area (Å²) in [5.74, 6) is 0.502. The number of hydrogen-bond donors (Lipinski definition) is 0. The number of aryl methyl sites for hydroxylation is 2. The quantitative estimate of drug-likeness (QED) is 0.651. The van der Waals surface area contributed by atoms with Crippen molar-refractivity contribution in [1.82, 2.24) is 0 Å². The Morgan fingerprint density at radius 2 is 1.77 bits per heavy atom. The standard InChI is InChI=1S/C12H17F/c1-8(2)5-11-7-12(13)10(4)6-9(11)3/h6-8H,5H2,1-4H3. The molecule has 0 nitrogen and oxygen atoms in total. The van der Waals surface area contributed by atoms with Crippen LogP contribution in [-0.4, -0.2) is 0 Å². The van der Waals surface area contributed by atoms with Crippen LogP contribution in [-0.2, 0) is 6.42 Å². The fraction of sp³-hybridized carbons (Fsp3) is 0.500. The molecule has 0 aromatic heterocycles. The molecule has 0 amide bonds. The van der Waals surface area contributed by atoms with Gasteiger partial charge < -0.3 is 0 Å². The third kappa shape index (κ3) is 2.55. The summed E-state index contributed by atoms with van der Waals surface area (Å²) in [6, 6.07) is 3.59. The van der Waals surface area contributed by atoms with Crippen molar-refractivity contribution in [2.24, 2.45) is 5.92 Å². The first-order valence-electron chi connectivity index (χ1n) is 4.76. The highest BCUT2D eigenvalue weighted by Gasteiger charge is 2.05. The topological polar surface area (TPSA) is 0 Å². The van der Waals surface area contributed by atoms with Gasteiger partial charge in [-0.3, -0.25) is 0 Å². The van der Waals surface area contributed by atoms with Crippen molar-refractivity contribution in [2.45, 2.75) is 34.1 Å². The zero-order chi connectivity index (χ0) is 10.0. The van der Waals surface area contributed by atoms with E-state index in [9.17, 15) is 4.39 Å². The Hall–Kier alpha value is -0.850. The maximum atomic E-state index is 13.2. The van der Waals surface area contributed by atoms with Crippen LogP contribution in [0.1, 0.15) is 30.5 Å². The van der Waals surface area contributed by atoms with E-state index >= 15 is 0 Å². The lowest BCUT2D eigenvalue weighted by Gasteiger charge is -2.09. The Kier molecular flexibility index (Phi) is 3.07. The molecule has 1 heteroatoms. The minimum Gasteiger partial charge on any atom is -0.207 e. The van der Waals surface area contributed by atoms with Crippen LogP contribution in [0.25, 0.3) is 0 Å². The van der Waals surface area contributed by atoms with E-state index in [1.807, 2.05) is 19.9 Å². The molecule has 0 aliphatic carbocycles. The van der Waals surface area contributed by atoms with E-state index in [1.165, 1.54) is 5.56 Å². The lowest BCUT2D eigenvalue weighted by molar-refractivity contribution is 0.604. The summed E-state index contributed by atoms with van der Waals surface area (Å²) in [6.45, 7) is 8.15. The molecule has 1 aromatic carbocycles. The van der Waals surface area contributed by atoms with Crippen LogP contribution in [0.3, 0.4) is 0 Å². The predicted octanol–water partition coefficient (Wildman–Crippen LogP) is 3.64. The molecule has 0 unspecified atom stereocenters. The highest BCUT2D eigenvalue weighted by atomic mass is 19.1. The van der Waals surface area contributed by atoms with Gasteiger partial charge in [0.25, 0.3) is 0 Å². The second-order valence-electron chi connectivity index (χ2n) is 4.13. The smallest absolute Gasteiger partial charge is 0.126 e. The highest BCUT2D eigenvalue weighted by molar-refractivity contribution is 5.31. The molecule has 0 saturated heterocycles. The van der Waals surface area contributed by atoms with E-state index in [-0.39, 0.29) is 5.82 Å². The van der Waals surface area contributed by atoms with E-state index < -0.39 is 0 Å². The maximum absolute atomic E-state index is 13.2. The van der Waals surface area contributed by atoms with E-state index in [4.69, 9.17) is 0 Å². The molecule has 0 N–H and O–H groups in total. The van der Waals surface area contributed by atoms with Gasteiger partial charge >= 0.3 is 0 Å². The van der Waals surface area contributed by atoms with E-state index in [0.29, 0.717) is 5.92 Å². The minimum absolute atomic E-state index is 0.0822. The van der Waals surface area contributed by atoms with Gasteiger partial charge in [0.05, 0.1) is 0 Å². The number of benzene rings is 1. The zero-order valence-electron chi connectivity index (χ0n) is 8.82. The summed E-state index contributed by atoms with van der Waals surface area (Å²) in [6.07, 6.45) is 0.961. The summed E-state index contributed by atoms with van der Waals surface area (Å²) in [4.78, 5) is 0. The van der Waals surface area contributed by atoms with Crippen molar-refractivity contribution >= 4 is 0 Å². The van der Waals surface area contributed by atoms with Gasteiger partial charge in [0.1, 0.15) is 5.82 Å². The Labute approximate surface area is 79.8 Å². The fourth-order valence-corrected chi connectivity index (χ4v) is 1.53. The Bertz CT molecular complexity index is 300. The largest absolute Gasteiger partial charge is 0.207 e. The Balaban J connectivity index is 3.01.